The van der Waals surface area contributed by atoms with E-state index in [2.05, 4.69) is 11.1 Å². The predicted molar refractivity (Wildman–Crippen MR) is 81.3 cm³/mol. The highest BCUT2D eigenvalue weighted by molar-refractivity contribution is 6.31. The number of benzene rings is 1. The second-order valence-corrected chi connectivity index (χ2v) is 4.92. The molecule has 0 aliphatic heterocycles. The maximum absolute atomic E-state index is 13.7. The third-order valence-corrected chi connectivity index (χ3v) is 3.29. The van der Waals surface area contributed by atoms with Crippen molar-refractivity contribution in [2.45, 2.75) is 13.0 Å². The SMILES string of the molecule is N#CCCN(Cc1cccnc1)c1cc(F)c(Cl)cc1N. The molecular weight excluding hydrogens is 291 g/mol. The maximum atomic E-state index is 13.7. The summed E-state index contributed by atoms with van der Waals surface area (Å²) in [5.74, 6) is -0.533. The highest BCUT2D eigenvalue weighted by atomic mass is 35.5. The molecule has 0 aliphatic carbocycles. The van der Waals surface area contributed by atoms with Crippen molar-refractivity contribution in [3.05, 3.63) is 53.1 Å². The number of hydrogen-bond acceptors (Lipinski definition) is 4. The third-order valence-electron chi connectivity index (χ3n) is 3.00. The molecule has 0 atom stereocenters. The molecule has 1 heterocycles. The van der Waals surface area contributed by atoms with Crippen LogP contribution in [0.1, 0.15) is 12.0 Å². The van der Waals surface area contributed by atoms with Crippen LogP contribution >= 0.6 is 11.6 Å². The van der Waals surface area contributed by atoms with E-state index in [1.807, 2.05) is 17.0 Å². The second kappa shape index (κ2) is 6.91. The van der Waals surface area contributed by atoms with Crippen LogP contribution in [0.5, 0.6) is 0 Å². The fourth-order valence-electron chi connectivity index (χ4n) is 2.01. The van der Waals surface area contributed by atoms with E-state index in [1.165, 1.54) is 12.1 Å². The van der Waals surface area contributed by atoms with Gasteiger partial charge in [0.05, 0.1) is 28.9 Å². The predicted octanol–water partition coefficient (Wildman–Crippen LogP) is 3.38. The molecule has 0 saturated carbocycles. The lowest BCUT2D eigenvalue weighted by Crippen LogP contribution is -2.25. The van der Waals surface area contributed by atoms with Crippen molar-refractivity contribution in [2.75, 3.05) is 17.2 Å². The average molecular weight is 305 g/mol. The van der Waals surface area contributed by atoms with Crippen LogP contribution in [-0.4, -0.2) is 11.5 Å². The molecule has 2 aromatic rings. The number of halogens is 2. The Bertz CT molecular complexity index is 655. The molecule has 2 rings (SSSR count). The number of rotatable bonds is 5. The van der Waals surface area contributed by atoms with Gasteiger partial charge in [-0.3, -0.25) is 4.98 Å². The third kappa shape index (κ3) is 3.83. The summed E-state index contributed by atoms with van der Waals surface area (Å²) in [7, 11) is 0. The first-order valence-electron chi connectivity index (χ1n) is 6.37. The molecule has 6 heteroatoms. The fraction of sp³-hybridized carbons (Fsp3) is 0.200. The van der Waals surface area contributed by atoms with Crippen molar-refractivity contribution < 1.29 is 4.39 Å². The number of nitriles is 1. The van der Waals surface area contributed by atoms with Crippen LogP contribution in [-0.2, 0) is 6.54 Å². The minimum absolute atomic E-state index is 0.0159. The van der Waals surface area contributed by atoms with E-state index in [9.17, 15) is 4.39 Å². The minimum atomic E-state index is -0.533. The average Bonchev–Trinajstić information content (AvgIpc) is 2.48. The Morgan fingerprint density at radius 2 is 2.24 bits per heavy atom. The number of nitrogens with two attached hydrogens (primary N) is 1. The van der Waals surface area contributed by atoms with Gasteiger partial charge in [0.15, 0.2) is 0 Å². The van der Waals surface area contributed by atoms with E-state index in [-0.39, 0.29) is 5.02 Å². The maximum Gasteiger partial charge on any atom is 0.144 e. The fourth-order valence-corrected chi connectivity index (χ4v) is 2.18. The number of pyridine rings is 1. The molecule has 0 amide bonds. The van der Waals surface area contributed by atoms with Crippen molar-refractivity contribution in [2.24, 2.45) is 0 Å². The summed E-state index contributed by atoms with van der Waals surface area (Å²) in [6.07, 6.45) is 3.71. The molecule has 2 N–H and O–H groups in total. The van der Waals surface area contributed by atoms with Crippen LogP contribution in [0, 0.1) is 17.1 Å². The van der Waals surface area contributed by atoms with Crippen molar-refractivity contribution in [1.82, 2.24) is 4.98 Å². The Labute approximate surface area is 127 Å². The molecule has 0 bridgehead atoms. The molecule has 108 valence electrons. The lowest BCUT2D eigenvalue weighted by Gasteiger charge is -2.25. The van der Waals surface area contributed by atoms with Gasteiger partial charge in [0, 0.05) is 31.5 Å². The molecule has 0 aliphatic rings. The van der Waals surface area contributed by atoms with Gasteiger partial charge in [-0.25, -0.2) is 4.39 Å². The summed E-state index contributed by atoms with van der Waals surface area (Å²) in [5.41, 5.74) is 7.78. The number of nitrogens with zero attached hydrogens (tertiary/aromatic N) is 3. The largest absolute Gasteiger partial charge is 0.397 e. The van der Waals surface area contributed by atoms with Gasteiger partial charge < -0.3 is 10.6 Å². The summed E-state index contributed by atoms with van der Waals surface area (Å²) >= 11 is 5.72. The van der Waals surface area contributed by atoms with E-state index in [0.29, 0.717) is 30.9 Å². The lowest BCUT2D eigenvalue weighted by atomic mass is 10.2. The highest BCUT2D eigenvalue weighted by Gasteiger charge is 2.14. The summed E-state index contributed by atoms with van der Waals surface area (Å²) in [6.45, 7) is 0.928. The van der Waals surface area contributed by atoms with Gasteiger partial charge in [0.1, 0.15) is 5.82 Å². The Kier molecular flexibility index (Phi) is 4.96. The molecule has 0 fully saturated rings. The van der Waals surface area contributed by atoms with Crippen LogP contribution in [0.3, 0.4) is 0 Å². The van der Waals surface area contributed by atoms with Crippen molar-refractivity contribution in [1.29, 1.82) is 5.26 Å². The first-order chi connectivity index (χ1) is 10.1. The first kappa shape index (κ1) is 15.1. The smallest absolute Gasteiger partial charge is 0.144 e. The molecule has 1 aromatic carbocycles. The standard InChI is InChI=1S/C15H14ClFN4/c16-12-7-14(19)15(8-13(12)17)21(6-2-4-18)10-11-3-1-5-20-9-11/h1,3,5,7-9H,2,6,10,19H2. The van der Waals surface area contributed by atoms with E-state index >= 15 is 0 Å². The quantitative estimate of drug-likeness (QED) is 0.860. The first-order valence-corrected chi connectivity index (χ1v) is 6.75. The highest BCUT2D eigenvalue weighted by Crippen LogP contribution is 2.30. The Hall–Kier alpha value is -2.32. The molecule has 1 aromatic heterocycles. The summed E-state index contributed by atoms with van der Waals surface area (Å²) in [6, 6.07) is 8.50. The minimum Gasteiger partial charge on any atom is -0.397 e. The zero-order valence-electron chi connectivity index (χ0n) is 11.3. The van der Waals surface area contributed by atoms with E-state index in [4.69, 9.17) is 22.6 Å². The van der Waals surface area contributed by atoms with Crippen LogP contribution in [0.25, 0.3) is 0 Å². The molecule has 0 unspecified atom stereocenters. The van der Waals surface area contributed by atoms with Crippen LogP contribution < -0.4 is 10.6 Å². The Morgan fingerprint density at radius 3 is 2.90 bits per heavy atom. The normalized spacial score (nSPS) is 10.1. The second-order valence-electron chi connectivity index (χ2n) is 4.52. The molecular formula is C15H14ClFN4. The lowest BCUT2D eigenvalue weighted by molar-refractivity contribution is 0.627. The summed E-state index contributed by atoms with van der Waals surface area (Å²) in [4.78, 5) is 5.89. The monoisotopic (exact) mass is 304 g/mol. The van der Waals surface area contributed by atoms with E-state index < -0.39 is 5.82 Å². The van der Waals surface area contributed by atoms with Gasteiger partial charge in [-0.2, -0.15) is 5.26 Å². The van der Waals surface area contributed by atoms with Crippen molar-refractivity contribution >= 4 is 23.0 Å². The van der Waals surface area contributed by atoms with Gasteiger partial charge in [-0.15, -0.1) is 0 Å². The molecule has 0 saturated heterocycles. The van der Waals surface area contributed by atoms with E-state index in [1.54, 1.807) is 12.4 Å². The molecule has 21 heavy (non-hydrogen) atoms. The molecule has 4 nitrogen and oxygen atoms in total. The number of anilines is 2. The Balaban J connectivity index is 2.32. The van der Waals surface area contributed by atoms with Crippen LogP contribution in [0.4, 0.5) is 15.8 Å². The number of hydrogen-bond donors (Lipinski definition) is 1. The van der Waals surface area contributed by atoms with Crippen LogP contribution in [0.15, 0.2) is 36.7 Å². The number of nitrogen functional groups attached to an aromatic ring is 1. The molecule has 0 spiro atoms. The molecule has 0 radical (unpaired) electrons. The zero-order valence-corrected chi connectivity index (χ0v) is 12.0. The van der Waals surface area contributed by atoms with Gasteiger partial charge in [-0.1, -0.05) is 17.7 Å². The van der Waals surface area contributed by atoms with Crippen molar-refractivity contribution in [3.8, 4) is 6.07 Å². The zero-order chi connectivity index (χ0) is 15.2. The van der Waals surface area contributed by atoms with Gasteiger partial charge in [-0.05, 0) is 17.7 Å². The van der Waals surface area contributed by atoms with Gasteiger partial charge in [0.25, 0.3) is 0 Å². The summed E-state index contributed by atoms with van der Waals surface area (Å²) in [5, 5.41) is 8.76. The van der Waals surface area contributed by atoms with E-state index in [0.717, 1.165) is 5.56 Å². The number of aromatic nitrogens is 1. The Morgan fingerprint density at radius 1 is 1.43 bits per heavy atom. The topological polar surface area (TPSA) is 65.9 Å². The van der Waals surface area contributed by atoms with Gasteiger partial charge in [0.2, 0.25) is 0 Å². The van der Waals surface area contributed by atoms with Crippen LogP contribution in [0.2, 0.25) is 5.02 Å². The van der Waals surface area contributed by atoms with Gasteiger partial charge >= 0.3 is 0 Å². The summed E-state index contributed by atoms with van der Waals surface area (Å²) < 4.78 is 13.7. The van der Waals surface area contributed by atoms with Crippen molar-refractivity contribution in [3.63, 3.8) is 0 Å².